The number of aromatic nitrogens is 1. The van der Waals surface area contributed by atoms with E-state index in [-0.39, 0.29) is 0 Å². The molecule has 0 saturated carbocycles. The largest absolute Gasteiger partial charge is 0.308 e. The minimum Gasteiger partial charge on any atom is -0.308 e. The summed E-state index contributed by atoms with van der Waals surface area (Å²) in [6.07, 6.45) is 1.80. The molecule has 1 aromatic rings. The molecule has 1 aliphatic rings. The van der Waals surface area contributed by atoms with Crippen molar-refractivity contribution in [2.24, 2.45) is 5.84 Å². The minimum absolute atomic E-state index is 0.733. The van der Waals surface area contributed by atoms with Crippen molar-refractivity contribution in [2.75, 3.05) is 24.3 Å². The number of thioether (sulfide) groups is 1. The fourth-order valence-corrected chi connectivity index (χ4v) is 3.03. The lowest BCUT2D eigenvalue weighted by Gasteiger charge is -2.30. The molecule has 3 N–H and O–H groups in total. The number of pyridine rings is 1. The van der Waals surface area contributed by atoms with Crippen LogP contribution in [0.25, 0.3) is 0 Å². The molecule has 1 aliphatic heterocycles. The lowest BCUT2D eigenvalue weighted by molar-refractivity contribution is 0.278. The first-order valence-corrected chi connectivity index (χ1v) is 6.58. The summed E-state index contributed by atoms with van der Waals surface area (Å²) in [4.78, 5) is 6.59. The van der Waals surface area contributed by atoms with Gasteiger partial charge in [-0.15, -0.1) is 0 Å². The van der Waals surface area contributed by atoms with Crippen molar-refractivity contribution in [3.63, 3.8) is 0 Å². The van der Waals surface area contributed by atoms with Gasteiger partial charge in [0.05, 0.1) is 0 Å². The third-order valence-corrected chi connectivity index (χ3v) is 3.84. The molecule has 0 radical (unpaired) electrons. The summed E-state index contributed by atoms with van der Waals surface area (Å²) in [6.45, 7) is 5.61. The second-order valence-corrected chi connectivity index (χ2v) is 5.66. The Morgan fingerprint density at radius 1 is 1.69 bits per heavy atom. The van der Waals surface area contributed by atoms with E-state index in [0.717, 1.165) is 17.6 Å². The van der Waals surface area contributed by atoms with Crippen LogP contribution >= 0.6 is 11.8 Å². The van der Waals surface area contributed by atoms with Gasteiger partial charge in [0, 0.05) is 36.8 Å². The normalized spacial score (nSPS) is 22.0. The summed E-state index contributed by atoms with van der Waals surface area (Å²) in [5, 5.41) is 0.739. The molecule has 1 fully saturated rings. The van der Waals surface area contributed by atoms with Gasteiger partial charge in [-0.2, -0.15) is 11.8 Å². The maximum Gasteiger partial charge on any atom is 0.140 e. The van der Waals surface area contributed by atoms with Gasteiger partial charge >= 0.3 is 0 Å². The predicted octanol–water partition coefficient (Wildman–Crippen LogP) is 1.30. The zero-order valence-electron chi connectivity index (χ0n) is 9.52. The van der Waals surface area contributed by atoms with Crippen LogP contribution in [0.1, 0.15) is 12.5 Å². The van der Waals surface area contributed by atoms with Crippen LogP contribution in [0.5, 0.6) is 0 Å². The summed E-state index contributed by atoms with van der Waals surface area (Å²) in [6, 6.07) is 4.06. The molecule has 0 amide bonds. The number of hydrazine groups is 1. The van der Waals surface area contributed by atoms with E-state index in [1.165, 1.54) is 24.4 Å². The molecule has 1 aromatic heterocycles. The van der Waals surface area contributed by atoms with E-state index in [4.69, 9.17) is 5.84 Å². The predicted molar refractivity (Wildman–Crippen MR) is 69.2 cm³/mol. The van der Waals surface area contributed by atoms with Gasteiger partial charge in [0.25, 0.3) is 0 Å². The highest BCUT2D eigenvalue weighted by molar-refractivity contribution is 7.99. The summed E-state index contributed by atoms with van der Waals surface area (Å²) in [7, 11) is 0. The SMILES string of the molecule is CC1CN(Cc2ccnc(NN)c2)CCS1. The zero-order chi connectivity index (χ0) is 11.4. The Hall–Kier alpha value is -0.780. The standard InChI is InChI=1S/C11H18N4S/c1-9-7-15(4-5-16-9)8-10-2-3-13-11(6-10)14-12/h2-3,6,9H,4-5,7-8,12H2,1H3,(H,13,14). The monoisotopic (exact) mass is 238 g/mol. The second kappa shape index (κ2) is 5.52. The maximum atomic E-state index is 5.34. The highest BCUT2D eigenvalue weighted by Crippen LogP contribution is 2.19. The van der Waals surface area contributed by atoms with Crippen molar-refractivity contribution in [1.29, 1.82) is 0 Å². The van der Waals surface area contributed by atoms with E-state index >= 15 is 0 Å². The lowest BCUT2D eigenvalue weighted by atomic mass is 10.2. The number of anilines is 1. The average molecular weight is 238 g/mol. The Balaban J connectivity index is 1.97. The molecule has 2 heterocycles. The quantitative estimate of drug-likeness (QED) is 0.614. The van der Waals surface area contributed by atoms with Crippen LogP contribution in [0.4, 0.5) is 5.82 Å². The van der Waals surface area contributed by atoms with Crippen LogP contribution < -0.4 is 11.3 Å². The molecule has 0 spiro atoms. The Bertz CT molecular complexity index is 345. The van der Waals surface area contributed by atoms with Crippen LogP contribution in [0, 0.1) is 0 Å². The molecular weight excluding hydrogens is 220 g/mol. The van der Waals surface area contributed by atoms with Gasteiger partial charge in [-0.05, 0) is 17.7 Å². The van der Waals surface area contributed by atoms with Gasteiger partial charge in [0.2, 0.25) is 0 Å². The Kier molecular flexibility index (Phi) is 4.04. The van der Waals surface area contributed by atoms with Gasteiger partial charge in [-0.25, -0.2) is 10.8 Å². The van der Waals surface area contributed by atoms with Crippen molar-refractivity contribution < 1.29 is 0 Å². The van der Waals surface area contributed by atoms with Crippen molar-refractivity contribution in [3.05, 3.63) is 23.9 Å². The summed E-state index contributed by atoms with van der Waals surface area (Å²) in [5.41, 5.74) is 3.85. The topological polar surface area (TPSA) is 54.2 Å². The Morgan fingerprint density at radius 3 is 3.31 bits per heavy atom. The number of rotatable bonds is 3. The number of nitrogens with two attached hydrogens (primary N) is 1. The molecule has 0 aliphatic carbocycles. The van der Waals surface area contributed by atoms with Gasteiger partial charge in [-0.1, -0.05) is 6.92 Å². The summed E-state index contributed by atoms with van der Waals surface area (Å²) < 4.78 is 0. The second-order valence-electron chi connectivity index (χ2n) is 4.11. The van der Waals surface area contributed by atoms with Crippen LogP contribution in [0.3, 0.4) is 0 Å². The van der Waals surface area contributed by atoms with Crippen molar-refractivity contribution >= 4 is 17.6 Å². The summed E-state index contributed by atoms with van der Waals surface area (Å²) >= 11 is 2.05. The Labute approximate surface area is 101 Å². The maximum absolute atomic E-state index is 5.34. The van der Waals surface area contributed by atoms with Crippen molar-refractivity contribution in [2.45, 2.75) is 18.7 Å². The lowest BCUT2D eigenvalue weighted by Crippen LogP contribution is -2.36. The van der Waals surface area contributed by atoms with E-state index in [0.29, 0.717) is 0 Å². The van der Waals surface area contributed by atoms with E-state index in [2.05, 4.69) is 34.0 Å². The van der Waals surface area contributed by atoms with Crippen LogP contribution in [-0.4, -0.2) is 34.0 Å². The Morgan fingerprint density at radius 2 is 2.56 bits per heavy atom. The fraction of sp³-hybridized carbons (Fsp3) is 0.545. The van der Waals surface area contributed by atoms with E-state index in [1.54, 1.807) is 6.20 Å². The highest BCUT2D eigenvalue weighted by atomic mass is 32.2. The van der Waals surface area contributed by atoms with Crippen LogP contribution in [0.15, 0.2) is 18.3 Å². The third kappa shape index (κ3) is 3.10. The molecule has 16 heavy (non-hydrogen) atoms. The van der Waals surface area contributed by atoms with Gasteiger partial charge < -0.3 is 5.43 Å². The number of nitrogens with one attached hydrogen (secondary N) is 1. The summed E-state index contributed by atoms with van der Waals surface area (Å²) in [5.74, 6) is 7.31. The molecule has 1 atom stereocenters. The molecule has 1 saturated heterocycles. The fourth-order valence-electron chi connectivity index (χ4n) is 1.94. The van der Waals surface area contributed by atoms with Crippen molar-refractivity contribution in [3.8, 4) is 0 Å². The number of hydrogen-bond donors (Lipinski definition) is 2. The highest BCUT2D eigenvalue weighted by Gasteiger charge is 2.16. The van der Waals surface area contributed by atoms with E-state index in [1.807, 2.05) is 12.1 Å². The molecule has 1 unspecified atom stereocenters. The van der Waals surface area contributed by atoms with Gasteiger partial charge in [-0.3, -0.25) is 4.90 Å². The molecule has 5 heteroatoms. The smallest absolute Gasteiger partial charge is 0.140 e. The number of hydrogen-bond acceptors (Lipinski definition) is 5. The van der Waals surface area contributed by atoms with E-state index in [9.17, 15) is 0 Å². The molecule has 0 aromatic carbocycles. The molecular formula is C11H18N4S. The van der Waals surface area contributed by atoms with E-state index < -0.39 is 0 Å². The van der Waals surface area contributed by atoms with Crippen LogP contribution in [-0.2, 0) is 6.54 Å². The third-order valence-electron chi connectivity index (χ3n) is 2.70. The minimum atomic E-state index is 0.733. The van der Waals surface area contributed by atoms with Gasteiger partial charge in [0.1, 0.15) is 5.82 Å². The zero-order valence-corrected chi connectivity index (χ0v) is 10.3. The molecule has 4 nitrogen and oxygen atoms in total. The number of nitrogens with zero attached hydrogens (tertiary/aromatic N) is 2. The first-order valence-electron chi connectivity index (χ1n) is 5.53. The van der Waals surface area contributed by atoms with Crippen molar-refractivity contribution in [1.82, 2.24) is 9.88 Å². The molecule has 2 rings (SSSR count). The molecule has 0 bridgehead atoms. The average Bonchev–Trinajstić information content (AvgIpc) is 2.29. The van der Waals surface area contributed by atoms with Gasteiger partial charge in [0.15, 0.2) is 0 Å². The van der Waals surface area contributed by atoms with Crippen LogP contribution in [0.2, 0.25) is 0 Å². The molecule has 88 valence electrons. The number of nitrogen functional groups attached to an aromatic ring is 1. The first-order chi connectivity index (χ1) is 7.78. The first kappa shape index (κ1) is 11.7.